The van der Waals surface area contributed by atoms with Gasteiger partial charge in [0.1, 0.15) is 0 Å². The summed E-state index contributed by atoms with van der Waals surface area (Å²) in [6.07, 6.45) is 1.09. The van der Waals surface area contributed by atoms with E-state index in [1.807, 2.05) is 0 Å². The number of benzene rings is 1. The van der Waals surface area contributed by atoms with Crippen LogP contribution in [0.1, 0.15) is 18.9 Å². The third-order valence-electron chi connectivity index (χ3n) is 2.63. The molecule has 1 heterocycles. The van der Waals surface area contributed by atoms with Gasteiger partial charge in [-0.1, -0.05) is 28.1 Å². The summed E-state index contributed by atoms with van der Waals surface area (Å²) in [7, 11) is 0. The Bertz CT molecular complexity index is 343. The first-order valence-electron chi connectivity index (χ1n) is 4.79. The zero-order valence-corrected chi connectivity index (χ0v) is 9.80. The van der Waals surface area contributed by atoms with Gasteiger partial charge in [-0.3, -0.25) is 0 Å². The van der Waals surface area contributed by atoms with Crippen LogP contribution in [0.2, 0.25) is 0 Å². The van der Waals surface area contributed by atoms with Crippen molar-refractivity contribution in [3.63, 3.8) is 0 Å². The van der Waals surface area contributed by atoms with Crippen molar-refractivity contribution in [2.24, 2.45) is 0 Å². The van der Waals surface area contributed by atoms with E-state index in [9.17, 15) is 0 Å². The minimum atomic E-state index is 0.807. The molecule has 0 aromatic heterocycles. The molecule has 2 heteroatoms. The number of rotatable bonds is 1. The fourth-order valence-corrected chi connectivity index (χ4v) is 1.93. The number of hydrogen-bond acceptors (Lipinski definition) is 1. The van der Waals surface area contributed by atoms with Gasteiger partial charge in [-0.15, -0.1) is 0 Å². The van der Waals surface area contributed by atoms with Crippen molar-refractivity contribution in [2.75, 3.05) is 13.2 Å². The van der Waals surface area contributed by atoms with E-state index >= 15 is 0 Å². The molecule has 0 unspecified atom stereocenters. The smallest absolute Gasteiger partial charge is 0.0683 e. The molecule has 0 radical (unpaired) electrons. The molecule has 14 heavy (non-hydrogen) atoms. The Morgan fingerprint density at radius 2 is 2.00 bits per heavy atom. The van der Waals surface area contributed by atoms with E-state index in [2.05, 4.69) is 47.1 Å². The van der Waals surface area contributed by atoms with Crippen molar-refractivity contribution >= 4 is 21.5 Å². The van der Waals surface area contributed by atoms with Crippen LogP contribution in [-0.2, 0) is 4.74 Å². The summed E-state index contributed by atoms with van der Waals surface area (Å²) in [6.45, 7) is 3.86. The molecule has 0 amide bonds. The van der Waals surface area contributed by atoms with Gasteiger partial charge in [0.25, 0.3) is 0 Å². The first-order valence-corrected chi connectivity index (χ1v) is 5.59. The molecule has 0 bridgehead atoms. The monoisotopic (exact) mass is 252 g/mol. The molecular formula is C12H13BrO. The van der Waals surface area contributed by atoms with Gasteiger partial charge in [0, 0.05) is 4.47 Å². The van der Waals surface area contributed by atoms with Gasteiger partial charge in [0.2, 0.25) is 0 Å². The van der Waals surface area contributed by atoms with Crippen molar-refractivity contribution in [1.29, 1.82) is 0 Å². The molecule has 1 aliphatic rings. The van der Waals surface area contributed by atoms with E-state index in [1.165, 1.54) is 16.7 Å². The van der Waals surface area contributed by atoms with Gasteiger partial charge in [0.15, 0.2) is 0 Å². The maximum absolute atomic E-state index is 5.36. The molecule has 0 atom stereocenters. The lowest BCUT2D eigenvalue weighted by Crippen LogP contribution is -1.88. The Hall–Kier alpha value is -0.600. The molecule has 0 spiro atoms. The van der Waals surface area contributed by atoms with Crippen LogP contribution in [-0.4, -0.2) is 13.2 Å². The van der Waals surface area contributed by atoms with E-state index < -0.39 is 0 Å². The zero-order chi connectivity index (χ0) is 9.97. The molecule has 1 aliphatic heterocycles. The highest BCUT2D eigenvalue weighted by Gasteiger charge is 2.10. The predicted octanol–water partition coefficient (Wildman–Crippen LogP) is 3.64. The highest BCUT2D eigenvalue weighted by Crippen LogP contribution is 2.25. The van der Waals surface area contributed by atoms with Crippen LogP contribution < -0.4 is 0 Å². The van der Waals surface area contributed by atoms with Gasteiger partial charge in [-0.2, -0.15) is 0 Å². The largest absolute Gasteiger partial charge is 0.377 e. The average molecular weight is 253 g/mol. The molecule has 0 saturated carbocycles. The molecule has 74 valence electrons. The van der Waals surface area contributed by atoms with Crippen LogP contribution >= 0.6 is 15.9 Å². The van der Waals surface area contributed by atoms with E-state index in [4.69, 9.17) is 4.74 Å². The van der Waals surface area contributed by atoms with Crippen LogP contribution in [0.5, 0.6) is 0 Å². The van der Waals surface area contributed by atoms with Crippen LogP contribution in [0.3, 0.4) is 0 Å². The van der Waals surface area contributed by atoms with Crippen LogP contribution in [0, 0.1) is 0 Å². The minimum Gasteiger partial charge on any atom is -0.377 e. The second-order valence-electron chi connectivity index (χ2n) is 3.54. The summed E-state index contributed by atoms with van der Waals surface area (Å²) in [5.41, 5.74) is 4.11. The standard InChI is InChI=1S/C12H13BrO/c1-9(11-6-7-14-8-11)10-2-4-12(13)5-3-10/h2-5H,6-8H2,1H3/b11-9+. The van der Waals surface area contributed by atoms with E-state index in [0.29, 0.717) is 0 Å². The number of halogens is 1. The molecule has 1 aromatic rings. The Balaban J connectivity index is 2.30. The molecular weight excluding hydrogens is 240 g/mol. The van der Waals surface area contributed by atoms with E-state index in [-0.39, 0.29) is 0 Å². The van der Waals surface area contributed by atoms with Gasteiger partial charge in [0.05, 0.1) is 13.2 Å². The van der Waals surface area contributed by atoms with Crippen molar-refractivity contribution in [1.82, 2.24) is 0 Å². The van der Waals surface area contributed by atoms with Crippen molar-refractivity contribution in [2.45, 2.75) is 13.3 Å². The maximum Gasteiger partial charge on any atom is 0.0683 e. The summed E-state index contributed by atoms with van der Waals surface area (Å²) in [4.78, 5) is 0. The summed E-state index contributed by atoms with van der Waals surface area (Å²) < 4.78 is 6.48. The SMILES string of the molecule is C/C(=C1/CCOC1)c1ccc(Br)cc1. The number of ether oxygens (including phenoxy) is 1. The molecule has 1 nitrogen and oxygen atoms in total. The molecule has 2 rings (SSSR count). The van der Waals surface area contributed by atoms with Crippen molar-refractivity contribution < 1.29 is 4.74 Å². The molecule has 1 aromatic carbocycles. The zero-order valence-electron chi connectivity index (χ0n) is 8.22. The third kappa shape index (κ3) is 2.07. The fraction of sp³-hybridized carbons (Fsp3) is 0.333. The van der Waals surface area contributed by atoms with Gasteiger partial charge in [-0.05, 0) is 42.2 Å². The third-order valence-corrected chi connectivity index (χ3v) is 3.16. The van der Waals surface area contributed by atoms with Gasteiger partial charge in [-0.25, -0.2) is 0 Å². The van der Waals surface area contributed by atoms with E-state index in [0.717, 1.165) is 24.1 Å². The molecule has 0 N–H and O–H groups in total. The lowest BCUT2D eigenvalue weighted by molar-refractivity contribution is 0.205. The highest BCUT2D eigenvalue weighted by molar-refractivity contribution is 9.10. The fourth-order valence-electron chi connectivity index (χ4n) is 1.66. The normalized spacial score (nSPS) is 19.9. The Labute approximate surface area is 92.9 Å². The minimum absolute atomic E-state index is 0.807. The molecule has 0 aliphatic carbocycles. The Morgan fingerprint density at radius 3 is 2.57 bits per heavy atom. The van der Waals surface area contributed by atoms with Crippen LogP contribution in [0.25, 0.3) is 5.57 Å². The van der Waals surface area contributed by atoms with Crippen LogP contribution in [0.4, 0.5) is 0 Å². The average Bonchev–Trinajstić information content (AvgIpc) is 2.71. The lowest BCUT2D eigenvalue weighted by atomic mass is 10.0. The summed E-state index contributed by atoms with van der Waals surface area (Å²) >= 11 is 3.44. The maximum atomic E-state index is 5.36. The van der Waals surface area contributed by atoms with Crippen molar-refractivity contribution in [3.8, 4) is 0 Å². The Morgan fingerprint density at radius 1 is 1.29 bits per heavy atom. The van der Waals surface area contributed by atoms with Gasteiger partial charge < -0.3 is 4.74 Å². The lowest BCUT2D eigenvalue weighted by Gasteiger charge is -2.05. The van der Waals surface area contributed by atoms with E-state index in [1.54, 1.807) is 0 Å². The van der Waals surface area contributed by atoms with Gasteiger partial charge >= 0.3 is 0 Å². The number of hydrogen-bond donors (Lipinski definition) is 0. The topological polar surface area (TPSA) is 9.23 Å². The van der Waals surface area contributed by atoms with Crippen molar-refractivity contribution in [3.05, 3.63) is 39.9 Å². The predicted molar refractivity (Wildman–Crippen MR) is 62.2 cm³/mol. The summed E-state index contributed by atoms with van der Waals surface area (Å²) in [6, 6.07) is 8.44. The second kappa shape index (κ2) is 4.28. The summed E-state index contributed by atoms with van der Waals surface area (Å²) in [5, 5.41) is 0. The summed E-state index contributed by atoms with van der Waals surface area (Å²) in [5.74, 6) is 0. The quantitative estimate of drug-likeness (QED) is 0.742. The molecule has 1 fully saturated rings. The number of allylic oxidation sites excluding steroid dienone is 1. The first-order chi connectivity index (χ1) is 6.77. The highest BCUT2D eigenvalue weighted by atomic mass is 79.9. The first kappa shape index (κ1) is 9.94. The van der Waals surface area contributed by atoms with Crippen LogP contribution in [0.15, 0.2) is 34.3 Å². The molecule has 1 saturated heterocycles. The second-order valence-corrected chi connectivity index (χ2v) is 4.45. The Kier molecular flexibility index (Phi) is 3.04.